The van der Waals surface area contributed by atoms with Crippen LogP contribution in [-0.4, -0.2) is 24.4 Å². The van der Waals surface area contributed by atoms with Crippen molar-refractivity contribution in [1.82, 2.24) is 0 Å². The summed E-state index contributed by atoms with van der Waals surface area (Å²) in [5.41, 5.74) is 0. The summed E-state index contributed by atoms with van der Waals surface area (Å²) in [6.07, 6.45) is 1.22. The van der Waals surface area contributed by atoms with Gasteiger partial charge in [-0.05, 0) is 12.8 Å². The van der Waals surface area contributed by atoms with Gasteiger partial charge in [0.2, 0.25) is 0 Å². The molecule has 0 spiro atoms. The van der Waals surface area contributed by atoms with E-state index in [1.165, 1.54) is 0 Å². The Hall–Kier alpha value is -0.840. The maximum atomic E-state index is 10.1. The van der Waals surface area contributed by atoms with Gasteiger partial charge in [0.15, 0.2) is 0 Å². The van der Waals surface area contributed by atoms with Crippen molar-refractivity contribution in [3.05, 3.63) is 10.1 Å². The largest absolute Gasteiger partial charge is 0.381 e. The standard InChI is InChI=1S/C7H13NO4/c1-2-6-5-11-4-3-7(6)12-8(9)10/h6-7H,2-5H2,1H3. The van der Waals surface area contributed by atoms with Crippen LogP contribution in [0.25, 0.3) is 0 Å². The Balaban J connectivity index is 2.41. The van der Waals surface area contributed by atoms with Gasteiger partial charge in [-0.15, -0.1) is 10.1 Å². The molecule has 0 aromatic rings. The molecule has 0 aromatic heterocycles. The van der Waals surface area contributed by atoms with E-state index in [0.717, 1.165) is 6.42 Å². The Morgan fingerprint density at radius 3 is 3.08 bits per heavy atom. The van der Waals surface area contributed by atoms with E-state index in [0.29, 0.717) is 19.6 Å². The second-order valence-electron chi connectivity index (χ2n) is 2.90. The van der Waals surface area contributed by atoms with Crippen LogP contribution < -0.4 is 0 Å². The van der Waals surface area contributed by atoms with Gasteiger partial charge >= 0.3 is 0 Å². The Kier molecular flexibility index (Phi) is 3.28. The lowest BCUT2D eigenvalue weighted by Crippen LogP contribution is -2.35. The van der Waals surface area contributed by atoms with E-state index >= 15 is 0 Å². The lowest BCUT2D eigenvalue weighted by molar-refractivity contribution is -0.771. The minimum absolute atomic E-state index is 0.171. The molecule has 1 aliphatic heterocycles. The molecule has 1 rings (SSSR count). The smallest absolute Gasteiger partial charge is 0.294 e. The van der Waals surface area contributed by atoms with Crippen molar-refractivity contribution in [2.24, 2.45) is 5.92 Å². The van der Waals surface area contributed by atoms with Gasteiger partial charge < -0.3 is 9.57 Å². The van der Waals surface area contributed by atoms with Crippen LogP contribution in [0.2, 0.25) is 0 Å². The zero-order valence-electron chi connectivity index (χ0n) is 7.06. The fourth-order valence-electron chi connectivity index (χ4n) is 1.41. The third kappa shape index (κ3) is 2.34. The zero-order chi connectivity index (χ0) is 8.97. The van der Waals surface area contributed by atoms with E-state index in [2.05, 4.69) is 4.84 Å². The highest BCUT2D eigenvalue weighted by atomic mass is 17.0. The molecule has 0 aliphatic carbocycles. The minimum atomic E-state index is -0.710. The minimum Gasteiger partial charge on any atom is -0.381 e. The fourth-order valence-corrected chi connectivity index (χ4v) is 1.41. The average Bonchev–Trinajstić information content (AvgIpc) is 2.04. The van der Waals surface area contributed by atoms with Gasteiger partial charge in [-0.2, -0.15) is 0 Å². The molecule has 1 aliphatic rings. The highest BCUT2D eigenvalue weighted by molar-refractivity contribution is 4.71. The van der Waals surface area contributed by atoms with Crippen molar-refractivity contribution in [3.63, 3.8) is 0 Å². The van der Waals surface area contributed by atoms with E-state index in [1.807, 2.05) is 6.92 Å². The Bertz CT molecular complexity index is 161. The molecule has 0 radical (unpaired) electrons. The summed E-state index contributed by atoms with van der Waals surface area (Å²) in [5.74, 6) is 0.171. The predicted octanol–water partition coefficient (Wildman–Crippen LogP) is 1.01. The zero-order valence-corrected chi connectivity index (χ0v) is 7.06. The topological polar surface area (TPSA) is 61.6 Å². The molecule has 0 bridgehead atoms. The number of hydrogen-bond donors (Lipinski definition) is 0. The van der Waals surface area contributed by atoms with Gasteiger partial charge in [0, 0.05) is 12.5 Å². The van der Waals surface area contributed by atoms with Crippen molar-refractivity contribution in [1.29, 1.82) is 0 Å². The molecular weight excluding hydrogens is 162 g/mol. The summed E-state index contributed by atoms with van der Waals surface area (Å²) in [6.45, 7) is 3.12. The Morgan fingerprint density at radius 1 is 1.75 bits per heavy atom. The van der Waals surface area contributed by atoms with Gasteiger partial charge in [-0.1, -0.05) is 6.92 Å². The lowest BCUT2D eigenvalue weighted by Gasteiger charge is -2.28. The maximum absolute atomic E-state index is 10.1. The van der Waals surface area contributed by atoms with Crippen LogP contribution in [0.1, 0.15) is 19.8 Å². The first-order chi connectivity index (χ1) is 5.74. The van der Waals surface area contributed by atoms with Crippen LogP contribution in [0.15, 0.2) is 0 Å². The molecule has 70 valence electrons. The first-order valence-electron chi connectivity index (χ1n) is 4.13. The van der Waals surface area contributed by atoms with Crippen LogP contribution in [0.5, 0.6) is 0 Å². The van der Waals surface area contributed by atoms with Crippen LogP contribution >= 0.6 is 0 Å². The van der Waals surface area contributed by atoms with Crippen molar-refractivity contribution < 1.29 is 14.7 Å². The molecule has 2 atom stereocenters. The molecular formula is C7H13NO4. The normalized spacial score (nSPS) is 29.8. The summed E-state index contributed by atoms with van der Waals surface area (Å²) in [4.78, 5) is 14.6. The third-order valence-corrected chi connectivity index (χ3v) is 2.15. The molecule has 2 unspecified atom stereocenters. The SMILES string of the molecule is CCC1COCCC1O[N+](=O)[O-]. The monoisotopic (exact) mass is 175 g/mol. The third-order valence-electron chi connectivity index (χ3n) is 2.15. The quantitative estimate of drug-likeness (QED) is 0.474. The molecule has 0 N–H and O–H groups in total. The maximum Gasteiger partial charge on any atom is 0.294 e. The number of hydrogen-bond acceptors (Lipinski definition) is 4. The number of nitrogens with zero attached hydrogens (tertiary/aromatic N) is 1. The van der Waals surface area contributed by atoms with E-state index in [4.69, 9.17) is 4.74 Å². The van der Waals surface area contributed by atoms with Gasteiger partial charge in [0.25, 0.3) is 5.09 Å². The summed E-state index contributed by atoms with van der Waals surface area (Å²) in [6, 6.07) is 0. The molecule has 1 fully saturated rings. The molecule has 1 saturated heterocycles. The van der Waals surface area contributed by atoms with Crippen LogP contribution in [0, 0.1) is 16.0 Å². The van der Waals surface area contributed by atoms with Crippen LogP contribution in [0.4, 0.5) is 0 Å². The molecule has 0 amide bonds. The molecule has 5 nitrogen and oxygen atoms in total. The molecule has 1 heterocycles. The van der Waals surface area contributed by atoms with E-state index in [1.54, 1.807) is 0 Å². The molecule has 12 heavy (non-hydrogen) atoms. The van der Waals surface area contributed by atoms with Crippen molar-refractivity contribution in [2.45, 2.75) is 25.9 Å². The lowest BCUT2D eigenvalue weighted by atomic mass is 9.96. The van der Waals surface area contributed by atoms with E-state index < -0.39 is 5.09 Å². The van der Waals surface area contributed by atoms with Gasteiger partial charge in [-0.3, -0.25) is 0 Å². The summed E-state index contributed by atoms with van der Waals surface area (Å²) < 4.78 is 5.18. The van der Waals surface area contributed by atoms with Crippen molar-refractivity contribution >= 4 is 0 Å². The Morgan fingerprint density at radius 2 is 2.50 bits per heavy atom. The van der Waals surface area contributed by atoms with Crippen LogP contribution in [0.3, 0.4) is 0 Å². The number of ether oxygens (including phenoxy) is 1. The second-order valence-corrected chi connectivity index (χ2v) is 2.90. The Labute approximate surface area is 70.8 Å². The van der Waals surface area contributed by atoms with Gasteiger partial charge in [0.05, 0.1) is 6.61 Å². The molecule has 0 saturated carbocycles. The molecule has 5 heteroatoms. The second kappa shape index (κ2) is 4.25. The van der Waals surface area contributed by atoms with Gasteiger partial charge in [-0.25, -0.2) is 0 Å². The van der Waals surface area contributed by atoms with Crippen LogP contribution in [-0.2, 0) is 9.57 Å². The predicted molar refractivity (Wildman–Crippen MR) is 41.1 cm³/mol. The summed E-state index contributed by atoms with van der Waals surface area (Å²) >= 11 is 0. The fraction of sp³-hybridized carbons (Fsp3) is 1.00. The van der Waals surface area contributed by atoms with Gasteiger partial charge in [0.1, 0.15) is 6.10 Å². The first-order valence-corrected chi connectivity index (χ1v) is 4.13. The van der Waals surface area contributed by atoms with E-state index in [-0.39, 0.29) is 12.0 Å². The van der Waals surface area contributed by atoms with Crippen molar-refractivity contribution in [2.75, 3.05) is 13.2 Å². The first kappa shape index (κ1) is 9.25. The summed E-state index contributed by atoms with van der Waals surface area (Å²) in [5, 5.41) is 9.36. The average molecular weight is 175 g/mol. The highest BCUT2D eigenvalue weighted by Crippen LogP contribution is 2.20. The number of rotatable bonds is 3. The highest BCUT2D eigenvalue weighted by Gasteiger charge is 2.27. The van der Waals surface area contributed by atoms with E-state index in [9.17, 15) is 10.1 Å². The molecule has 0 aromatic carbocycles. The summed E-state index contributed by atoms with van der Waals surface area (Å²) in [7, 11) is 0. The van der Waals surface area contributed by atoms with Crippen molar-refractivity contribution in [3.8, 4) is 0 Å².